The highest BCUT2D eigenvalue weighted by molar-refractivity contribution is 5.96. The first-order valence-electron chi connectivity index (χ1n) is 8.87. The summed E-state index contributed by atoms with van der Waals surface area (Å²) in [6.07, 6.45) is 3.82. The molecule has 0 unspecified atom stereocenters. The molecule has 1 aromatic heterocycles. The predicted octanol–water partition coefficient (Wildman–Crippen LogP) is 2.75. The van der Waals surface area contributed by atoms with Crippen LogP contribution >= 0.6 is 0 Å². The van der Waals surface area contributed by atoms with Crippen molar-refractivity contribution < 1.29 is 9.53 Å². The number of ether oxygens (including phenoxy) is 1. The van der Waals surface area contributed by atoms with Gasteiger partial charge in [-0.15, -0.1) is 0 Å². The largest absolute Gasteiger partial charge is 0.493 e. The fraction of sp³-hybridized carbons (Fsp3) is 0.400. The number of fused-ring (bicyclic) bond motifs is 1. The zero-order valence-electron chi connectivity index (χ0n) is 14.9. The van der Waals surface area contributed by atoms with Crippen LogP contribution in [0.1, 0.15) is 46.1 Å². The molecule has 5 nitrogen and oxygen atoms in total. The van der Waals surface area contributed by atoms with E-state index in [1.165, 1.54) is 11.1 Å². The Kier molecular flexibility index (Phi) is 5.66. The van der Waals surface area contributed by atoms with Gasteiger partial charge in [-0.2, -0.15) is 0 Å². The number of hydrogen-bond acceptors (Lipinski definition) is 4. The number of benzene rings is 1. The number of carbonyl (C=O) groups is 1. The average Bonchev–Trinajstić information content (AvgIpc) is 2.65. The lowest BCUT2D eigenvalue weighted by atomic mass is 9.96. The van der Waals surface area contributed by atoms with E-state index in [9.17, 15) is 4.79 Å². The molecule has 5 heteroatoms. The first kappa shape index (κ1) is 17.4. The monoisotopic (exact) mass is 339 g/mol. The van der Waals surface area contributed by atoms with Gasteiger partial charge in [0.25, 0.3) is 5.91 Å². The number of pyridine rings is 1. The molecule has 0 bridgehead atoms. The molecule has 132 valence electrons. The van der Waals surface area contributed by atoms with Gasteiger partial charge in [-0.1, -0.05) is 19.1 Å². The third kappa shape index (κ3) is 3.99. The Bertz CT molecular complexity index is 759. The van der Waals surface area contributed by atoms with Crippen molar-refractivity contribution in [3.63, 3.8) is 0 Å². The summed E-state index contributed by atoms with van der Waals surface area (Å²) < 4.78 is 5.69. The summed E-state index contributed by atoms with van der Waals surface area (Å²) in [5.41, 5.74) is 5.25. The second-order valence-electron chi connectivity index (χ2n) is 6.28. The van der Waals surface area contributed by atoms with Gasteiger partial charge < -0.3 is 15.4 Å². The van der Waals surface area contributed by atoms with Crippen LogP contribution in [0.25, 0.3) is 0 Å². The molecule has 0 aliphatic carbocycles. The molecule has 2 heterocycles. The Morgan fingerprint density at radius 3 is 3.04 bits per heavy atom. The number of nitrogens with one attached hydrogen (secondary N) is 2. The van der Waals surface area contributed by atoms with E-state index in [1.807, 2.05) is 38.2 Å². The van der Waals surface area contributed by atoms with Gasteiger partial charge in [-0.25, -0.2) is 0 Å². The first-order chi connectivity index (χ1) is 12.2. The maximum Gasteiger partial charge on any atom is 0.255 e. The standard InChI is InChI=1S/C20H25N3O2/c1-3-10-25-19-7-5-4-6-17(19)20(24)23-13-18-14(2)22-12-15-11-21-9-8-16(15)18/h4-7,12,21H,3,8-11,13H2,1-2H3,(H,23,24). The predicted molar refractivity (Wildman–Crippen MR) is 97.8 cm³/mol. The van der Waals surface area contributed by atoms with E-state index >= 15 is 0 Å². The lowest BCUT2D eigenvalue weighted by Crippen LogP contribution is -2.29. The summed E-state index contributed by atoms with van der Waals surface area (Å²) in [6, 6.07) is 7.39. The highest BCUT2D eigenvalue weighted by Gasteiger charge is 2.17. The lowest BCUT2D eigenvalue weighted by Gasteiger charge is -2.21. The van der Waals surface area contributed by atoms with Crippen LogP contribution in [0, 0.1) is 6.92 Å². The molecule has 0 spiro atoms. The van der Waals surface area contributed by atoms with Gasteiger partial charge >= 0.3 is 0 Å². The third-order valence-corrected chi connectivity index (χ3v) is 4.49. The van der Waals surface area contributed by atoms with Crippen LogP contribution in [-0.2, 0) is 19.5 Å². The van der Waals surface area contributed by atoms with Gasteiger partial charge in [0.2, 0.25) is 0 Å². The van der Waals surface area contributed by atoms with E-state index in [2.05, 4.69) is 15.6 Å². The second kappa shape index (κ2) is 8.12. The topological polar surface area (TPSA) is 63.2 Å². The maximum absolute atomic E-state index is 12.7. The van der Waals surface area contributed by atoms with Crippen molar-refractivity contribution in [1.82, 2.24) is 15.6 Å². The van der Waals surface area contributed by atoms with Crippen LogP contribution in [-0.4, -0.2) is 24.0 Å². The SMILES string of the molecule is CCCOc1ccccc1C(=O)NCc1c(C)ncc2c1CCNC2. The van der Waals surface area contributed by atoms with Crippen molar-refractivity contribution in [3.8, 4) is 5.75 Å². The molecule has 0 radical (unpaired) electrons. The van der Waals surface area contributed by atoms with Crippen LogP contribution in [0.5, 0.6) is 5.75 Å². The molecule has 0 atom stereocenters. The number of hydrogen-bond donors (Lipinski definition) is 2. The van der Waals surface area contributed by atoms with Crippen LogP contribution in [0.3, 0.4) is 0 Å². The second-order valence-corrected chi connectivity index (χ2v) is 6.28. The van der Waals surface area contributed by atoms with E-state index in [0.717, 1.165) is 37.2 Å². The number of rotatable bonds is 6. The molecule has 1 aliphatic heterocycles. The number of carbonyl (C=O) groups excluding carboxylic acids is 1. The molecule has 0 saturated carbocycles. The summed E-state index contributed by atoms with van der Waals surface area (Å²) in [4.78, 5) is 17.1. The minimum absolute atomic E-state index is 0.113. The molecule has 1 aromatic carbocycles. The zero-order chi connectivity index (χ0) is 17.6. The van der Waals surface area contributed by atoms with Crippen LogP contribution < -0.4 is 15.4 Å². The fourth-order valence-corrected chi connectivity index (χ4v) is 3.13. The van der Waals surface area contributed by atoms with Crippen molar-refractivity contribution in [3.05, 3.63) is 58.4 Å². The molecule has 25 heavy (non-hydrogen) atoms. The fourth-order valence-electron chi connectivity index (χ4n) is 3.13. The number of para-hydroxylation sites is 1. The summed E-state index contributed by atoms with van der Waals surface area (Å²) in [5, 5.41) is 6.41. The molecule has 3 rings (SSSR count). The normalized spacial score (nSPS) is 13.2. The van der Waals surface area contributed by atoms with E-state index in [4.69, 9.17) is 4.74 Å². The molecule has 1 aliphatic rings. The van der Waals surface area contributed by atoms with Crippen molar-refractivity contribution in [2.24, 2.45) is 0 Å². The van der Waals surface area contributed by atoms with E-state index in [0.29, 0.717) is 24.5 Å². The summed E-state index contributed by atoms with van der Waals surface area (Å²) in [7, 11) is 0. The molecule has 2 N–H and O–H groups in total. The molecule has 2 aromatic rings. The van der Waals surface area contributed by atoms with Crippen molar-refractivity contribution in [1.29, 1.82) is 0 Å². The smallest absolute Gasteiger partial charge is 0.255 e. The van der Waals surface area contributed by atoms with Crippen molar-refractivity contribution in [2.75, 3.05) is 13.2 Å². The highest BCUT2D eigenvalue weighted by Crippen LogP contribution is 2.21. The van der Waals surface area contributed by atoms with Gasteiger partial charge in [0.05, 0.1) is 12.2 Å². The lowest BCUT2D eigenvalue weighted by molar-refractivity contribution is 0.0946. The first-order valence-corrected chi connectivity index (χ1v) is 8.87. The molecular formula is C20H25N3O2. The van der Waals surface area contributed by atoms with Gasteiger partial charge in [0, 0.05) is 25.0 Å². The Labute approximate surface area is 148 Å². The van der Waals surface area contributed by atoms with Crippen LogP contribution in [0.15, 0.2) is 30.5 Å². The Hall–Kier alpha value is -2.40. The summed E-state index contributed by atoms with van der Waals surface area (Å²) in [5.74, 6) is 0.522. The molecule has 1 amide bonds. The molecule has 0 fully saturated rings. The van der Waals surface area contributed by atoms with Crippen LogP contribution in [0.2, 0.25) is 0 Å². The average molecular weight is 339 g/mol. The van der Waals surface area contributed by atoms with Crippen molar-refractivity contribution in [2.45, 2.75) is 39.8 Å². The van der Waals surface area contributed by atoms with E-state index in [1.54, 1.807) is 6.07 Å². The number of nitrogens with zero attached hydrogens (tertiary/aromatic N) is 1. The van der Waals surface area contributed by atoms with Gasteiger partial charge in [0.15, 0.2) is 0 Å². The summed E-state index contributed by atoms with van der Waals surface area (Å²) in [6.45, 7) is 6.95. The van der Waals surface area contributed by atoms with Gasteiger partial charge in [0.1, 0.15) is 5.75 Å². The molecule has 0 saturated heterocycles. The van der Waals surface area contributed by atoms with Gasteiger partial charge in [-0.05, 0) is 55.1 Å². The minimum Gasteiger partial charge on any atom is -0.493 e. The highest BCUT2D eigenvalue weighted by atomic mass is 16.5. The number of aryl methyl sites for hydroxylation is 1. The number of aromatic nitrogens is 1. The van der Waals surface area contributed by atoms with E-state index in [-0.39, 0.29) is 5.91 Å². The van der Waals surface area contributed by atoms with Gasteiger partial charge in [-0.3, -0.25) is 9.78 Å². The quantitative estimate of drug-likeness (QED) is 0.849. The van der Waals surface area contributed by atoms with Crippen LogP contribution in [0.4, 0.5) is 0 Å². The summed E-state index contributed by atoms with van der Waals surface area (Å²) >= 11 is 0. The maximum atomic E-state index is 12.7. The van der Waals surface area contributed by atoms with E-state index < -0.39 is 0 Å². The Balaban J connectivity index is 1.75. The Morgan fingerprint density at radius 1 is 1.36 bits per heavy atom. The zero-order valence-corrected chi connectivity index (χ0v) is 14.9. The number of amides is 1. The Morgan fingerprint density at radius 2 is 2.20 bits per heavy atom. The molecular weight excluding hydrogens is 314 g/mol. The third-order valence-electron chi connectivity index (χ3n) is 4.49. The van der Waals surface area contributed by atoms with Crippen molar-refractivity contribution >= 4 is 5.91 Å². The minimum atomic E-state index is -0.113.